The van der Waals surface area contributed by atoms with E-state index in [-0.39, 0.29) is 48.6 Å². The summed E-state index contributed by atoms with van der Waals surface area (Å²) in [4.78, 5) is 28.2. The molecule has 1 saturated heterocycles. The number of carbonyl (C=O) groups is 2. The lowest BCUT2D eigenvalue weighted by atomic mass is 10.0. The van der Waals surface area contributed by atoms with E-state index in [2.05, 4.69) is 10.2 Å². The van der Waals surface area contributed by atoms with Crippen molar-refractivity contribution in [1.29, 1.82) is 0 Å². The minimum atomic E-state index is -0.164. The van der Waals surface area contributed by atoms with Gasteiger partial charge in [0.2, 0.25) is 11.8 Å². The number of carbonyl (C=O) groups excluding carboxylic acids is 2. The Morgan fingerprint density at radius 2 is 1.64 bits per heavy atom. The number of rotatable bonds is 5. The second-order valence-electron chi connectivity index (χ2n) is 6.16. The fourth-order valence-electron chi connectivity index (χ4n) is 2.56. The first-order valence-corrected chi connectivity index (χ1v) is 8.09. The van der Waals surface area contributed by atoms with E-state index in [0.717, 1.165) is 5.69 Å². The first-order chi connectivity index (χ1) is 11.0. The van der Waals surface area contributed by atoms with Gasteiger partial charge in [0.05, 0.1) is 12.5 Å². The highest BCUT2D eigenvalue weighted by Gasteiger charge is 2.27. The zero-order chi connectivity index (χ0) is 16.8. The molecule has 0 aliphatic carbocycles. The van der Waals surface area contributed by atoms with E-state index < -0.39 is 0 Å². The molecule has 3 N–H and O–H groups in total. The second-order valence-corrected chi connectivity index (χ2v) is 6.16. The molecule has 0 spiro atoms. The molecule has 1 aliphatic rings. The Morgan fingerprint density at radius 3 is 2.16 bits per heavy atom. The summed E-state index contributed by atoms with van der Waals surface area (Å²) in [6, 6.07) is 9.28. The molecule has 1 aromatic carbocycles. The van der Waals surface area contributed by atoms with Gasteiger partial charge in [-0.1, -0.05) is 25.1 Å². The summed E-state index contributed by atoms with van der Waals surface area (Å²) in [5.41, 5.74) is 6.60. The molecule has 25 heavy (non-hydrogen) atoms. The van der Waals surface area contributed by atoms with Crippen molar-refractivity contribution >= 4 is 42.3 Å². The van der Waals surface area contributed by atoms with E-state index in [1.54, 1.807) is 0 Å². The number of benzene rings is 1. The van der Waals surface area contributed by atoms with Crippen molar-refractivity contribution in [3.05, 3.63) is 30.3 Å². The molecule has 0 bridgehead atoms. The molecule has 1 aliphatic heterocycles. The first kappa shape index (κ1) is 23.7. The molecule has 2 atom stereocenters. The second kappa shape index (κ2) is 11.3. The summed E-state index contributed by atoms with van der Waals surface area (Å²) >= 11 is 0. The van der Waals surface area contributed by atoms with Crippen molar-refractivity contribution in [2.75, 3.05) is 38.0 Å². The lowest BCUT2D eigenvalue weighted by Gasteiger charge is -2.36. The summed E-state index contributed by atoms with van der Waals surface area (Å²) in [5, 5.41) is 2.88. The Kier molecular flexibility index (Phi) is 10.7. The number of hydrogen-bond acceptors (Lipinski definition) is 4. The third-order valence-corrected chi connectivity index (χ3v) is 4.29. The van der Waals surface area contributed by atoms with Crippen LogP contribution in [0.25, 0.3) is 0 Å². The topological polar surface area (TPSA) is 78.7 Å². The molecular formula is C17H28Cl2N4O2. The summed E-state index contributed by atoms with van der Waals surface area (Å²) in [6.07, 6.45) is 0. The van der Waals surface area contributed by atoms with E-state index in [4.69, 9.17) is 5.73 Å². The monoisotopic (exact) mass is 390 g/mol. The molecule has 8 heteroatoms. The number of nitrogens with one attached hydrogen (secondary N) is 1. The van der Waals surface area contributed by atoms with E-state index in [1.165, 1.54) is 0 Å². The van der Waals surface area contributed by atoms with Crippen LogP contribution in [-0.2, 0) is 9.59 Å². The number of nitrogens with zero attached hydrogens (tertiary/aromatic N) is 2. The molecule has 2 unspecified atom stereocenters. The summed E-state index contributed by atoms with van der Waals surface area (Å²) < 4.78 is 0. The highest BCUT2D eigenvalue weighted by atomic mass is 35.5. The Labute approximate surface area is 161 Å². The highest BCUT2D eigenvalue weighted by Crippen LogP contribution is 2.10. The van der Waals surface area contributed by atoms with Crippen LogP contribution in [0.5, 0.6) is 0 Å². The van der Waals surface area contributed by atoms with E-state index in [1.807, 2.05) is 49.1 Å². The van der Waals surface area contributed by atoms with Crippen LogP contribution < -0.4 is 11.1 Å². The van der Waals surface area contributed by atoms with Crippen molar-refractivity contribution in [2.45, 2.75) is 19.9 Å². The molecule has 1 fully saturated rings. The van der Waals surface area contributed by atoms with Gasteiger partial charge in [-0.05, 0) is 19.1 Å². The van der Waals surface area contributed by atoms with Crippen LogP contribution in [0.3, 0.4) is 0 Å². The van der Waals surface area contributed by atoms with Gasteiger partial charge in [-0.3, -0.25) is 14.5 Å². The van der Waals surface area contributed by atoms with Crippen molar-refractivity contribution in [1.82, 2.24) is 9.80 Å². The standard InChI is InChI=1S/C17H26N4O2.2ClH/c1-13(14(2)18)17(23)21-10-8-20(9-11-21)12-16(22)19-15-6-4-3-5-7-15;;/h3-7,13-14H,8-12,18H2,1-2H3,(H,19,22);2*1H. The third-order valence-electron chi connectivity index (χ3n) is 4.29. The number of amides is 2. The maximum absolute atomic E-state index is 12.3. The van der Waals surface area contributed by atoms with Gasteiger partial charge in [-0.25, -0.2) is 0 Å². The Bertz CT molecular complexity index is 535. The van der Waals surface area contributed by atoms with E-state index in [9.17, 15) is 9.59 Å². The van der Waals surface area contributed by atoms with Gasteiger partial charge >= 0.3 is 0 Å². The summed E-state index contributed by atoms with van der Waals surface area (Å²) in [7, 11) is 0. The molecule has 142 valence electrons. The first-order valence-electron chi connectivity index (χ1n) is 8.09. The maximum atomic E-state index is 12.3. The van der Waals surface area contributed by atoms with Crippen LogP contribution in [0.2, 0.25) is 0 Å². The fraction of sp³-hybridized carbons (Fsp3) is 0.529. The van der Waals surface area contributed by atoms with Gasteiger partial charge in [0, 0.05) is 37.9 Å². The van der Waals surface area contributed by atoms with Gasteiger partial charge < -0.3 is 16.0 Å². The normalized spacial score (nSPS) is 16.8. The number of hydrogen-bond donors (Lipinski definition) is 2. The van der Waals surface area contributed by atoms with Crippen molar-refractivity contribution in [3.8, 4) is 0 Å². The van der Waals surface area contributed by atoms with Gasteiger partial charge in [0.15, 0.2) is 0 Å². The number of halogens is 2. The Hall–Kier alpha value is -1.34. The van der Waals surface area contributed by atoms with Crippen molar-refractivity contribution in [3.63, 3.8) is 0 Å². The maximum Gasteiger partial charge on any atom is 0.238 e. The average Bonchev–Trinajstić information content (AvgIpc) is 2.55. The molecule has 2 rings (SSSR count). The fourth-order valence-corrected chi connectivity index (χ4v) is 2.56. The summed E-state index contributed by atoms with van der Waals surface area (Å²) in [6.45, 7) is 6.78. The lowest BCUT2D eigenvalue weighted by Crippen LogP contribution is -2.53. The molecule has 2 amide bonds. The van der Waals surface area contributed by atoms with E-state index >= 15 is 0 Å². The predicted octanol–water partition coefficient (Wildman–Crippen LogP) is 1.60. The SMILES string of the molecule is CC(N)C(C)C(=O)N1CCN(CC(=O)Nc2ccccc2)CC1.Cl.Cl. The largest absolute Gasteiger partial charge is 0.340 e. The van der Waals surface area contributed by atoms with Crippen molar-refractivity contribution in [2.24, 2.45) is 11.7 Å². The van der Waals surface area contributed by atoms with Crippen LogP contribution >= 0.6 is 24.8 Å². The lowest BCUT2D eigenvalue weighted by molar-refractivity contribution is -0.137. The number of piperazine rings is 1. The molecular weight excluding hydrogens is 363 g/mol. The van der Waals surface area contributed by atoms with Crippen molar-refractivity contribution < 1.29 is 9.59 Å². The molecule has 0 saturated carbocycles. The van der Waals surface area contributed by atoms with Gasteiger partial charge in [0.1, 0.15) is 0 Å². The van der Waals surface area contributed by atoms with Crippen LogP contribution in [0.1, 0.15) is 13.8 Å². The number of anilines is 1. The molecule has 0 radical (unpaired) electrons. The number of para-hydroxylation sites is 1. The smallest absolute Gasteiger partial charge is 0.238 e. The average molecular weight is 391 g/mol. The van der Waals surface area contributed by atoms with Crippen LogP contribution in [0.15, 0.2) is 30.3 Å². The highest BCUT2D eigenvalue weighted by molar-refractivity contribution is 5.92. The minimum absolute atomic E-state index is 0. The summed E-state index contributed by atoms with van der Waals surface area (Å²) in [5.74, 6) is -0.0868. The molecule has 6 nitrogen and oxygen atoms in total. The zero-order valence-electron chi connectivity index (χ0n) is 14.7. The zero-order valence-corrected chi connectivity index (χ0v) is 16.3. The van der Waals surface area contributed by atoms with Gasteiger partial charge in [-0.15, -0.1) is 24.8 Å². The van der Waals surface area contributed by atoms with Gasteiger partial charge in [0.25, 0.3) is 0 Å². The quantitative estimate of drug-likeness (QED) is 0.799. The minimum Gasteiger partial charge on any atom is -0.340 e. The molecule has 1 aromatic rings. The van der Waals surface area contributed by atoms with Gasteiger partial charge in [-0.2, -0.15) is 0 Å². The van der Waals surface area contributed by atoms with Crippen LogP contribution in [-0.4, -0.2) is 60.4 Å². The molecule has 1 heterocycles. The number of nitrogens with two attached hydrogens (primary N) is 1. The third kappa shape index (κ3) is 7.20. The Morgan fingerprint density at radius 1 is 1.08 bits per heavy atom. The Balaban J connectivity index is 0.00000288. The van der Waals surface area contributed by atoms with E-state index in [0.29, 0.717) is 32.7 Å². The van der Waals surface area contributed by atoms with Crippen LogP contribution in [0.4, 0.5) is 5.69 Å². The molecule has 0 aromatic heterocycles. The predicted molar refractivity (Wildman–Crippen MR) is 105 cm³/mol. The van der Waals surface area contributed by atoms with Crippen LogP contribution in [0, 0.1) is 5.92 Å².